The number of urea groups is 1. The maximum Gasteiger partial charge on any atom is 0.320 e. The van der Waals surface area contributed by atoms with Gasteiger partial charge in [0.2, 0.25) is 5.91 Å². The van der Waals surface area contributed by atoms with E-state index >= 15 is 0 Å². The average Bonchev–Trinajstić information content (AvgIpc) is 2.45. The van der Waals surface area contributed by atoms with Crippen LogP contribution in [0.25, 0.3) is 0 Å². The summed E-state index contributed by atoms with van der Waals surface area (Å²) in [7, 11) is 3.48. The summed E-state index contributed by atoms with van der Waals surface area (Å²) in [5.41, 5.74) is 0. The van der Waals surface area contributed by atoms with E-state index in [0.717, 1.165) is 26.1 Å². The van der Waals surface area contributed by atoms with Crippen molar-refractivity contribution in [2.24, 2.45) is 5.92 Å². The van der Waals surface area contributed by atoms with Crippen molar-refractivity contribution in [2.45, 2.75) is 25.8 Å². The molecule has 0 bridgehead atoms. The largest absolute Gasteiger partial charge is 0.347 e. The summed E-state index contributed by atoms with van der Waals surface area (Å²) in [5, 5.41) is 3.21. The van der Waals surface area contributed by atoms with Crippen LogP contribution in [0.5, 0.6) is 0 Å². The third kappa shape index (κ3) is 3.23. The summed E-state index contributed by atoms with van der Waals surface area (Å²) in [6.45, 7) is 5.72. The SMILES string of the molecule is CC1CCCN(C(=O)N2CCNCC2C(=O)N(C)C)C1. The van der Waals surface area contributed by atoms with Crippen molar-refractivity contribution in [3.8, 4) is 0 Å². The number of nitrogens with zero attached hydrogens (tertiary/aromatic N) is 3. The van der Waals surface area contributed by atoms with Crippen LogP contribution in [-0.2, 0) is 4.79 Å². The molecule has 1 N–H and O–H groups in total. The lowest BCUT2D eigenvalue weighted by Crippen LogP contribution is -2.62. The molecule has 6 heteroatoms. The Morgan fingerprint density at radius 2 is 2.00 bits per heavy atom. The number of piperazine rings is 1. The van der Waals surface area contributed by atoms with E-state index < -0.39 is 0 Å². The Balaban J connectivity index is 2.07. The van der Waals surface area contributed by atoms with E-state index in [1.54, 1.807) is 23.9 Å². The number of likely N-dealkylation sites (N-methyl/N-ethyl adjacent to an activating group) is 1. The first-order valence-electron chi connectivity index (χ1n) is 7.48. The average molecular weight is 282 g/mol. The number of likely N-dealkylation sites (tertiary alicyclic amines) is 1. The normalized spacial score (nSPS) is 27.4. The van der Waals surface area contributed by atoms with Gasteiger partial charge in [0.05, 0.1) is 0 Å². The molecule has 0 spiro atoms. The second-order valence-electron chi connectivity index (χ2n) is 6.12. The topological polar surface area (TPSA) is 55.9 Å². The zero-order chi connectivity index (χ0) is 14.7. The standard InChI is InChI=1S/C14H26N4O2/c1-11-5-4-7-17(10-11)14(20)18-8-6-15-9-12(18)13(19)16(2)3/h11-12,15H,4-10H2,1-3H3. The van der Waals surface area contributed by atoms with Gasteiger partial charge in [0.25, 0.3) is 0 Å². The van der Waals surface area contributed by atoms with E-state index in [1.807, 2.05) is 4.90 Å². The lowest BCUT2D eigenvalue weighted by Gasteiger charge is -2.41. The maximum absolute atomic E-state index is 12.7. The van der Waals surface area contributed by atoms with E-state index in [4.69, 9.17) is 0 Å². The van der Waals surface area contributed by atoms with Crippen LogP contribution in [0.4, 0.5) is 4.79 Å². The summed E-state index contributed by atoms with van der Waals surface area (Å²) >= 11 is 0. The van der Waals surface area contributed by atoms with Gasteiger partial charge in [-0.05, 0) is 18.8 Å². The van der Waals surface area contributed by atoms with Gasteiger partial charge in [-0.25, -0.2) is 4.79 Å². The van der Waals surface area contributed by atoms with Crippen molar-refractivity contribution >= 4 is 11.9 Å². The molecule has 2 rings (SSSR count). The van der Waals surface area contributed by atoms with E-state index in [9.17, 15) is 9.59 Å². The molecule has 2 saturated heterocycles. The first kappa shape index (κ1) is 15.1. The quantitative estimate of drug-likeness (QED) is 0.747. The van der Waals surface area contributed by atoms with Crippen molar-refractivity contribution in [1.29, 1.82) is 0 Å². The lowest BCUT2D eigenvalue weighted by atomic mass is 10.0. The van der Waals surface area contributed by atoms with Crippen molar-refractivity contribution in [1.82, 2.24) is 20.0 Å². The molecule has 2 aliphatic heterocycles. The first-order valence-corrected chi connectivity index (χ1v) is 7.48. The number of amides is 3. The lowest BCUT2D eigenvalue weighted by molar-refractivity contribution is -0.134. The predicted octanol–water partition coefficient (Wildman–Crippen LogP) is 0.200. The second kappa shape index (κ2) is 6.43. The van der Waals surface area contributed by atoms with E-state index in [0.29, 0.717) is 19.0 Å². The minimum Gasteiger partial charge on any atom is -0.347 e. The molecule has 2 unspecified atom stereocenters. The van der Waals surface area contributed by atoms with Crippen LogP contribution in [-0.4, -0.2) is 79.5 Å². The summed E-state index contributed by atoms with van der Waals surface area (Å²) in [4.78, 5) is 30.1. The molecular formula is C14H26N4O2. The van der Waals surface area contributed by atoms with Crippen LogP contribution >= 0.6 is 0 Å². The molecule has 0 aromatic rings. The zero-order valence-corrected chi connectivity index (χ0v) is 12.8. The minimum absolute atomic E-state index is 0.00407. The number of piperidine rings is 1. The van der Waals surface area contributed by atoms with Crippen LogP contribution in [0.3, 0.4) is 0 Å². The number of hydrogen-bond donors (Lipinski definition) is 1. The van der Waals surface area contributed by atoms with E-state index in [2.05, 4.69) is 12.2 Å². The van der Waals surface area contributed by atoms with Gasteiger partial charge in [-0.15, -0.1) is 0 Å². The summed E-state index contributed by atoms with van der Waals surface area (Å²) in [6, 6.07) is -0.346. The number of carbonyl (C=O) groups is 2. The van der Waals surface area contributed by atoms with Crippen LogP contribution in [0.15, 0.2) is 0 Å². The fraction of sp³-hybridized carbons (Fsp3) is 0.857. The van der Waals surface area contributed by atoms with Crippen LogP contribution in [0, 0.1) is 5.92 Å². The number of rotatable bonds is 1. The van der Waals surface area contributed by atoms with Crippen molar-refractivity contribution < 1.29 is 9.59 Å². The highest BCUT2D eigenvalue weighted by atomic mass is 16.2. The van der Waals surface area contributed by atoms with Gasteiger partial charge in [-0.2, -0.15) is 0 Å². The van der Waals surface area contributed by atoms with E-state index in [-0.39, 0.29) is 18.0 Å². The Kier molecular flexibility index (Phi) is 4.86. The smallest absolute Gasteiger partial charge is 0.320 e. The molecule has 3 amide bonds. The molecule has 114 valence electrons. The summed E-state index contributed by atoms with van der Waals surface area (Å²) in [6.07, 6.45) is 2.25. The molecule has 0 aliphatic carbocycles. The highest BCUT2D eigenvalue weighted by Crippen LogP contribution is 2.18. The molecule has 0 saturated carbocycles. The maximum atomic E-state index is 12.7. The third-order valence-electron chi connectivity index (χ3n) is 4.14. The fourth-order valence-electron chi connectivity index (χ4n) is 3.00. The molecule has 2 aliphatic rings. The van der Waals surface area contributed by atoms with Crippen molar-refractivity contribution in [3.05, 3.63) is 0 Å². The fourth-order valence-corrected chi connectivity index (χ4v) is 3.00. The molecule has 6 nitrogen and oxygen atoms in total. The van der Waals surface area contributed by atoms with Gasteiger partial charge < -0.3 is 20.0 Å². The zero-order valence-electron chi connectivity index (χ0n) is 12.8. The second-order valence-corrected chi connectivity index (χ2v) is 6.12. The minimum atomic E-state index is -0.372. The molecule has 20 heavy (non-hydrogen) atoms. The highest BCUT2D eigenvalue weighted by Gasteiger charge is 2.36. The van der Waals surface area contributed by atoms with Gasteiger partial charge in [0.15, 0.2) is 0 Å². The predicted molar refractivity (Wildman–Crippen MR) is 77.4 cm³/mol. The molecule has 2 fully saturated rings. The number of hydrogen-bond acceptors (Lipinski definition) is 3. The van der Waals surface area contributed by atoms with Crippen LogP contribution in [0.1, 0.15) is 19.8 Å². The third-order valence-corrected chi connectivity index (χ3v) is 4.14. The molecule has 0 radical (unpaired) electrons. The molecule has 0 aromatic heterocycles. The number of carbonyl (C=O) groups excluding carboxylic acids is 2. The Labute approximate surface area is 121 Å². The summed E-state index contributed by atoms with van der Waals surface area (Å²) < 4.78 is 0. The Morgan fingerprint density at radius 3 is 2.65 bits per heavy atom. The van der Waals surface area contributed by atoms with Gasteiger partial charge in [0, 0.05) is 46.8 Å². The Morgan fingerprint density at radius 1 is 1.25 bits per heavy atom. The summed E-state index contributed by atoms with van der Waals surface area (Å²) in [5.74, 6) is 0.550. The first-order chi connectivity index (χ1) is 9.50. The van der Waals surface area contributed by atoms with Crippen molar-refractivity contribution in [3.63, 3.8) is 0 Å². The van der Waals surface area contributed by atoms with Gasteiger partial charge >= 0.3 is 6.03 Å². The Bertz CT molecular complexity index is 372. The number of nitrogens with one attached hydrogen (secondary N) is 1. The van der Waals surface area contributed by atoms with Gasteiger partial charge in [-0.1, -0.05) is 6.92 Å². The highest BCUT2D eigenvalue weighted by molar-refractivity contribution is 5.87. The van der Waals surface area contributed by atoms with Crippen molar-refractivity contribution in [2.75, 3.05) is 46.8 Å². The van der Waals surface area contributed by atoms with Gasteiger partial charge in [0.1, 0.15) is 6.04 Å². The molecular weight excluding hydrogens is 256 g/mol. The van der Waals surface area contributed by atoms with Gasteiger partial charge in [-0.3, -0.25) is 4.79 Å². The monoisotopic (exact) mass is 282 g/mol. The van der Waals surface area contributed by atoms with Crippen LogP contribution in [0.2, 0.25) is 0 Å². The van der Waals surface area contributed by atoms with Crippen LogP contribution < -0.4 is 5.32 Å². The van der Waals surface area contributed by atoms with E-state index in [1.165, 1.54) is 6.42 Å². The Hall–Kier alpha value is -1.30. The molecule has 0 aromatic carbocycles. The molecule has 2 atom stereocenters. The molecule has 2 heterocycles.